The zero-order chi connectivity index (χ0) is 16.0. The molecule has 3 heterocycles. The van der Waals surface area contributed by atoms with Crippen LogP contribution in [0.15, 0.2) is 12.4 Å². The van der Waals surface area contributed by atoms with Gasteiger partial charge in [-0.2, -0.15) is 13.2 Å². The maximum absolute atomic E-state index is 13.0. The van der Waals surface area contributed by atoms with Crippen LogP contribution in [0, 0.1) is 0 Å². The molecule has 0 bridgehead atoms. The molecule has 2 fully saturated rings. The van der Waals surface area contributed by atoms with Crippen LogP contribution in [0.2, 0.25) is 0 Å². The predicted octanol–water partition coefficient (Wildman–Crippen LogP) is 1.53. The average molecular weight is 315 g/mol. The molecule has 22 heavy (non-hydrogen) atoms. The molecule has 3 rings (SSSR count). The quantitative estimate of drug-likeness (QED) is 0.775. The van der Waals surface area contributed by atoms with Gasteiger partial charge in [0.25, 0.3) is 0 Å². The molecule has 2 aliphatic heterocycles. The van der Waals surface area contributed by atoms with E-state index in [1.54, 1.807) is 0 Å². The average Bonchev–Trinajstić information content (AvgIpc) is 3.05. The van der Waals surface area contributed by atoms with Gasteiger partial charge in [-0.1, -0.05) is 0 Å². The van der Waals surface area contributed by atoms with Crippen LogP contribution in [0.25, 0.3) is 0 Å². The van der Waals surface area contributed by atoms with Gasteiger partial charge in [0.15, 0.2) is 0 Å². The maximum atomic E-state index is 13.0. The van der Waals surface area contributed by atoms with E-state index in [0.29, 0.717) is 25.0 Å². The summed E-state index contributed by atoms with van der Waals surface area (Å²) in [6, 6.07) is -1.50. The Morgan fingerprint density at radius 3 is 2.55 bits per heavy atom. The second kappa shape index (κ2) is 5.38. The van der Waals surface area contributed by atoms with Crippen molar-refractivity contribution < 1.29 is 22.5 Å². The van der Waals surface area contributed by atoms with E-state index < -0.39 is 19.3 Å². The molecule has 2 saturated heterocycles. The number of hydrogen-bond donors (Lipinski definition) is 0. The van der Waals surface area contributed by atoms with Gasteiger partial charge < -0.3 is 14.2 Å². The van der Waals surface area contributed by atoms with Crippen LogP contribution >= 0.6 is 0 Å². The SMILES string of the molecule is CC1(C)COB(c2cnc(N3CCCC3C(F)(F)F)nc2)O1. The van der Waals surface area contributed by atoms with Crippen LogP contribution in [-0.2, 0) is 9.31 Å². The Hall–Kier alpha value is -1.35. The number of halogens is 3. The van der Waals surface area contributed by atoms with Gasteiger partial charge in [0, 0.05) is 24.4 Å². The lowest BCUT2D eigenvalue weighted by Gasteiger charge is -2.26. The summed E-state index contributed by atoms with van der Waals surface area (Å²) in [6.07, 6.45) is -0.753. The Balaban J connectivity index is 1.74. The molecule has 2 aliphatic rings. The Morgan fingerprint density at radius 2 is 2.00 bits per heavy atom. The molecule has 1 aromatic heterocycles. The fourth-order valence-electron chi connectivity index (χ4n) is 2.75. The number of rotatable bonds is 2. The topological polar surface area (TPSA) is 47.5 Å². The van der Waals surface area contributed by atoms with Crippen molar-refractivity contribution >= 4 is 18.5 Å². The molecular weight excluding hydrogens is 298 g/mol. The molecule has 0 aliphatic carbocycles. The summed E-state index contributed by atoms with van der Waals surface area (Å²) in [5.41, 5.74) is 0.219. The molecule has 0 aromatic carbocycles. The second-order valence-corrected chi connectivity index (χ2v) is 6.23. The van der Waals surface area contributed by atoms with Gasteiger partial charge in [0.1, 0.15) is 6.04 Å². The highest BCUT2D eigenvalue weighted by Crippen LogP contribution is 2.34. The first-order valence-corrected chi connectivity index (χ1v) is 7.21. The summed E-state index contributed by atoms with van der Waals surface area (Å²) in [4.78, 5) is 9.36. The van der Waals surface area contributed by atoms with Crippen molar-refractivity contribution in [3.63, 3.8) is 0 Å². The smallest absolute Gasteiger partial charge is 0.404 e. The van der Waals surface area contributed by atoms with Crippen molar-refractivity contribution in [1.29, 1.82) is 0 Å². The summed E-state index contributed by atoms with van der Waals surface area (Å²) >= 11 is 0. The zero-order valence-corrected chi connectivity index (χ0v) is 12.4. The first-order valence-electron chi connectivity index (χ1n) is 7.21. The molecule has 0 N–H and O–H groups in total. The third kappa shape index (κ3) is 3.05. The van der Waals surface area contributed by atoms with Gasteiger partial charge in [-0.3, -0.25) is 0 Å². The van der Waals surface area contributed by atoms with E-state index >= 15 is 0 Å². The predicted molar refractivity (Wildman–Crippen MR) is 75.0 cm³/mol. The first-order chi connectivity index (χ1) is 10.3. The molecular formula is C13H17BF3N3O2. The minimum atomic E-state index is -4.26. The number of anilines is 1. The van der Waals surface area contributed by atoms with Crippen LogP contribution in [-0.4, -0.2) is 48.1 Å². The van der Waals surface area contributed by atoms with Gasteiger partial charge in [-0.15, -0.1) is 0 Å². The second-order valence-electron chi connectivity index (χ2n) is 6.23. The minimum Gasteiger partial charge on any atom is -0.404 e. The van der Waals surface area contributed by atoms with Gasteiger partial charge in [0.05, 0.1) is 12.2 Å². The van der Waals surface area contributed by atoms with Gasteiger partial charge in [0.2, 0.25) is 5.95 Å². The molecule has 1 aromatic rings. The highest BCUT2D eigenvalue weighted by Gasteiger charge is 2.47. The summed E-state index contributed by atoms with van der Waals surface area (Å²) in [7, 11) is -0.568. The van der Waals surface area contributed by atoms with E-state index in [1.165, 1.54) is 17.3 Å². The third-order valence-electron chi connectivity index (χ3n) is 3.83. The van der Waals surface area contributed by atoms with Crippen LogP contribution in [0.4, 0.5) is 19.1 Å². The Labute approximate surface area is 127 Å². The fourth-order valence-corrected chi connectivity index (χ4v) is 2.75. The Morgan fingerprint density at radius 1 is 1.32 bits per heavy atom. The largest absolute Gasteiger partial charge is 0.497 e. The van der Waals surface area contributed by atoms with Gasteiger partial charge in [-0.25, -0.2) is 9.97 Å². The summed E-state index contributed by atoms with van der Waals surface area (Å²) in [5, 5.41) is 0. The van der Waals surface area contributed by atoms with Gasteiger partial charge in [-0.05, 0) is 26.7 Å². The molecule has 1 unspecified atom stereocenters. The molecule has 5 nitrogen and oxygen atoms in total. The summed E-state index contributed by atoms with van der Waals surface area (Å²) in [6.45, 7) is 4.56. The van der Waals surface area contributed by atoms with E-state index in [2.05, 4.69) is 9.97 Å². The van der Waals surface area contributed by atoms with Crippen molar-refractivity contribution in [2.24, 2.45) is 0 Å². The zero-order valence-electron chi connectivity index (χ0n) is 12.4. The normalized spacial score (nSPS) is 25.0. The lowest BCUT2D eigenvalue weighted by Crippen LogP contribution is -2.42. The van der Waals surface area contributed by atoms with Gasteiger partial charge >= 0.3 is 13.3 Å². The van der Waals surface area contributed by atoms with E-state index in [-0.39, 0.29) is 18.0 Å². The molecule has 0 saturated carbocycles. The number of aromatic nitrogens is 2. The van der Waals surface area contributed by atoms with E-state index in [9.17, 15) is 13.2 Å². The molecule has 1 atom stereocenters. The Bertz CT molecular complexity index is 538. The van der Waals surface area contributed by atoms with Crippen molar-refractivity contribution in [2.75, 3.05) is 18.1 Å². The number of nitrogens with zero attached hydrogens (tertiary/aromatic N) is 3. The maximum Gasteiger partial charge on any atom is 0.497 e. The molecule has 0 spiro atoms. The van der Waals surface area contributed by atoms with Crippen LogP contribution < -0.4 is 10.4 Å². The van der Waals surface area contributed by atoms with E-state index in [1.807, 2.05) is 13.8 Å². The monoisotopic (exact) mass is 315 g/mol. The summed E-state index contributed by atoms with van der Waals surface area (Å²) < 4.78 is 50.1. The highest BCUT2D eigenvalue weighted by molar-refractivity contribution is 6.61. The lowest BCUT2D eigenvalue weighted by atomic mass is 9.81. The number of alkyl halides is 3. The van der Waals surface area contributed by atoms with E-state index in [0.717, 1.165) is 0 Å². The lowest BCUT2D eigenvalue weighted by molar-refractivity contribution is -0.146. The van der Waals surface area contributed by atoms with Crippen LogP contribution in [0.1, 0.15) is 26.7 Å². The highest BCUT2D eigenvalue weighted by atomic mass is 19.4. The molecule has 0 amide bonds. The number of hydrogen-bond acceptors (Lipinski definition) is 5. The van der Waals surface area contributed by atoms with Crippen molar-refractivity contribution in [2.45, 2.75) is 44.5 Å². The summed E-state index contributed by atoms with van der Waals surface area (Å²) in [5.74, 6) is 0.0980. The Kier molecular flexibility index (Phi) is 3.80. The van der Waals surface area contributed by atoms with Crippen LogP contribution in [0.3, 0.4) is 0 Å². The minimum absolute atomic E-state index is 0.0810. The molecule has 9 heteroatoms. The molecule has 0 radical (unpaired) electrons. The molecule has 120 valence electrons. The first kappa shape index (κ1) is 15.5. The van der Waals surface area contributed by atoms with Crippen LogP contribution in [0.5, 0.6) is 0 Å². The third-order valence-corrected chi connectivity index (χ3v) is 3.83. The fraction of sp³-hybridized carbons (Fsp3) is 0.692. The van der Waals surface area contributed by atoms with E-state index in [4.69, 9.17) is 9.31 Å². The van der Waals surface area contributed by atoms with Crippen molar-refractivity contribution in [1.82, 2.24) is 9.97 Å². The van der Waals surface area contributed by atoms with Crippen molar-refractivity contribution in [3.05, 3.63) is 12.4 Å². The van der Waals surface area contributed by atoms with Crippen molar-refractivity contribution in [3.8, 4) is 0 Å². The standard InChI is InChI=1S/C13H17BF3N3O2/c1-12(2)8-21-14(22-12)9-6-18-11(19-7-9)20-5-3-4-10(20)13(15,16)17/h6-7,10H,3-5,8H2,1-2H3.